The first-order valence-corrected chi connectivity index (χ1v) is 3.80. The quantitative estimate of drug-likeness (QED) is 0.428. The number of para-hydroxylation sites is 1. The number of azide groups is 1. The van der Waals surface area contributed by atoms with E-state index in [1.54, 1.807) is 30.4 Å². The third-order valence-electron chi connectivity index (χ3n) is 1.48. The summed E-state index contributed by atoms with van der Waals surface area (Å²) in [6.45, 7) is 0.296. The van der Waals surface area contributed by atoms with Gasteiger partial charge in [0.05, 0.1) is 0 Å². The van der Waals surface area contributed by atoms with Gasteiger partial charge in [0.2, 0.25) is 0 Å². The van der Waals surface area contributed by atoms with E-state index in [2.05, 4.69) is 10.0 Å². The normalized spacial score (nSPS) is 9.85. The Bertz CT molecular complexity index is 354. The lowest BCUT2D eigenvalue weighted by molar-refractivity contribution is 0.474. The van der Waals surface area contributed by atoms with Gasteiger partial charge < -0.3 is 5.11 Å². The van der Waals surface area contributed by atoms with Crippen LogP contribution in [0, 0.1) is 0 Å². The van der Waals surface area contributed by atoms with Crippen molar-refractivity contribution in [2.45, 2.75) is 0 Å². The Morgan fingerprint density at radius 3 is 2.92 bits per heavy atom. The fourth-order valence-corrected chi connectivity index (χ4v) is 0.892. The van der Waals surface area contributed by atoms with Gasteiger partial charge in [-0.25, -0.2) is 0 Å². The lowest BCUT2D eigenvalue weighted by Gasteiger charge is -1.95. The number of phenolic OH excluding ortho intramolecular Hbond substituents is 1. The van der Waals surface area contributed by atoms with Crippen molar-refractivity contribution in [1.29, 1.82) is 0 Å². The Balaban J connectivity index is 2.68. The molecule has 66 valence electrons. The molecule has 1 N–H and O–H groups in total. The smallest absolute Gasteiger partial charge is 0.122 e. The van der Waals surface area contributed by atoms with Crippen LogP contribution in [0.1, 0.15) is 5.56 Å². The summed E-state index contributed by atoms with van der Waals surface area (Å²) in [5.41, 5.74) is 8.71. The summed E-state index contributed by atoms with van der Waals surface area (Å²) in [4.78, 5) is 2.60. The van der Waals surface area contributed by atoms with E-state index in [1.165, 1.54) is 0 Å². The third kappa shape index (κ3) is 2.89. The van der Waals surface area contributed by atoms with Gasteiger partial charge in [0, 0.05) is 17.0 Å². The van der Waals surface area contributed by atoms with Crippen molar-refractivity contribution in [2.24, 2.45) is 5.11 Å². The lowest BCUT2D eigenvalue weighted by atomic mass is 10.2. The molecule has 13 heavy (non-hydrogen) atoms. The molecule has 1 aromatic carbocycles. The lowest BCUT2D eigenvalue weighted by Crippen LogP contribution is -1.73. The zero-order chi connectivity index (χ0) is 9.52. The van der Waals surface area contributed by atoms with Gasteiger partial charge in [0.25, 0.3) is 0 Å². The molecule has 4 nitrogen and oxygen atoms in total. The second-order valence-electron chi connectivity index (χ2n) is 2.37. The van der Waals surface area contributed by atoms with Crippen LogP contribution in [0.3, 0.4) is 0 Å². The maximum atomic E-state index is 9.31. The Morgan fingerprint density at radius 1 is 1.46 bits per heavy atom. The summed E-state index contributed by atoms with van der Waals surface area (Å²) < 4.78 is 0. The predicted molar refractivity (Wildman–Crippen MR) is 51.2 cm³/mol. The third-order valence-corrected chi connectivity index (χ3v) is 1.48. The van der Waals surface area contributed by atoms with Crippen molar-refractivity contribution in [3.05, 3.63) is 46.3 Å². The average Bonchev–Trinajstić information content (AvgIpc) is 2.15. The minimum absolute atomic E-state index is 0.222. The van der Waals surface area contributed by atoms with Crippen molar-refractivity contribution in [2.75, 3.05) is 6.54 Å². The Hall–Kier alpha value is -1.93. The minimum atomic E-state index is 0.222. The van der Waals surface area contributed by atoms with Crippen LogP contribution in [0.4, 0.5) is 0 Å². The largest absolute Gasteiger partial charge is 0.507 e. The van der Waals surface area contributed by atoms with Gasteiger partial charge in [0.15, 0.2) is 0 Å². The molecule has 0 unspecified atom stereocenters. The second kappa shape index (κ2) is 4.85. The summed E-state index contributed by atoms with van der Waals surface area (Å²) in [6.07, 6.45) is 3.40. The maximum absolute atomic E-state index is 9.31. The van der Waals surface area contributed by atoms with Gasteiger partial charge in [0.1, 0.15) is 5.75 Å². The Labute approximate surface area is 75.8 Å². The molecule has 1 aromatic rings. The molecule has 0 bridgehead atoms. The number of nitrogens with zero attached hydrogens (tertiary/aromatic N) is 3. The minimum Gasteiger partial charge on any atom is -0.507 e. The van der Waals surface area contributed by atoms with E-state index in [9.17, 15) is 5.11 Å². The summed E-state index contributed by atoms with van der Waals surface area (Å²) in [7, 11) is 0. The predicted octanol–water partition coefficient (Wildman–Crippen LogP) is 2.72. The van der Waals surface area contributed by atoms with E-state index in [4.69, 9.17) is 5.53 Å². The molecule has 0 aromatic heterocycles. The Kier molecular flexibility index (Phi) is 3.42. The van der Waals surface area contributed by atoms with Crippen LogP contribution in [0.15, 0.2) is 35.5 Å². The molecule has 1 rings (SSSR count). The molecule has 0 spiro atoms. The van der Waals surface area contributed by atoms with Crippen molar-refractivity contribution < 1.29 is 5.11 Å². The molecular weight excluding hydrogens is 166 g/mol. The molecule has 0 aliphatic heterocycles. The van der Waals surface area contributed by atoms with Crippen molar-refractivity contribution in [3.63, 3.8) is 0 Å². The van der Waals surface area contributed by atoms with E-state index in [1.807, 2.05) is 6.07 Å². The zero-order valence-corrected chi connectivity index (χ0v) is 6.96. The number of hydrogen-bond acceptors (Lipinski definition) is 2. The Morgan fingerprint density at radius 2 is 2.23 bits per heavy atom. The van der Waals surface area contributed by atoms with Crippen LogP contribution in [0.25, 0.3) is 16.5 Å². The molecule has 0 fully saturated rings. The van der Waals surface area contributed by atoms with Gasteiger partial charge >= 0.3 is 0 Å². The van der Waals surface area contributed by atoms with E-state index in [0.717, 1.165) is 5.56 Å². The number of benzene rings is 1. The molecule has 0 aliphatic carbocycles. The highest BCUT2D eigenvalue weighted by atomic mass is 16.3. The first-order chi connectivity index (χ1) is 6.34. The number of aromatic hydroxyl groups is 1. The fraction of sp³-hybridized carbons (Fsp3) is 0.111. The number of phenols is 1. The van der Waals surface area contributed by atoms with Crippen molar-refractivity contribution in [3.8, 4) is 5.75 Å². The summed E-state index contributed by atoms with van der Waals surface area (Å²) in [5, 5.41) is 12.6. The van der Waals surface area contributed by atoms with Crippen LogP contribution in [0.5, 0.6) is 5.75 Å². The fourth-order valence-electron chi connectivity index (χ4n) is 0.892. The zero-order valence-electron chi connectivity index (χ0n) is 6.96. The van der Waals surface area contributed by atoms with E-state index < -0.39 is 0 Å². The topological polar surface area (TPSA) is 69.0 Å². The van der Waals surface area contributed by atoms with Crippen molar-refractivity contribution in [1.82, 2.24) is 0 Å². The molecular formula is C9H9N3O. The first-order valence-electron chi connectivity index (χ1n) is 3.80. The highest BCUT2D eigenvalue weighted by molar-refractivity contribution is 5.56. The van der Waals surface area contributed by atoms with Crippen LogP contribution >= 0.6 is 0 Å². The molecule has 0 saturated heterocycles. The highest BCUT2D eigenvalue weighted by Crippen LogP contribution is 2.16. The standard InChI is InChI=1S/C9H9N3O/c10-12-11-7-3-5-8-4-1-2-6-9(8)13/h1-6,13H,7H2/b5-3+. The van der Waals surface area contributed by atoms with Gasteiger partial charge in [-0.05, 0) is 11.6 Å². The average molecular weight is 175 g/mol. The molecule has 0 amide bonds. The molecule has 0 aliphatic rings. The first kappa shape index (κ1) is 9.16. The van der Waals surface area contributed by atoms with Gasteiger partial charge in [-0.2, -0.15) is 0 Å². The van der Waals surface area contributed by atoms with Crippen LogP contribution in [-0.2, 0) is 0 Å². The van der Waals surface area contributed by atoms with Crippen LogP contribution in [-0.4, -0.2) is 11.7 Å². The van der Waals surface area contributed by atoms with Crippen LogP contribution < -0.4 is 0 Å². The second-order valence-corrected chi connectivity index (χ2v) is 2.37. The molecule has 0 radical (unpaired) electrons. The highest BCUT2D eigenvalue weighted by Gasteiger charge is 1.91. The molecule has 0 heterocycles. The van der Waals surface area contributed by atoms with E-state index in [0.29, 0.717) is 6.54 Å². The van der Waals surface area contributed by atoms with Crippen LogP contribution in [0.2, 0.25) is 0 Å². The van der Waals surface area contributed by atoms with E-state index in [-0.39, 0.29) is 5.75 Å². The van der Waals surface area contributed by atoms with E-state index >= 15 is 0 Å². The summed E-state index contributed by atoms with van der Waals surface area (Å²) >= 11 is 0. The monoisotopic (exact) mass is 175 g/mol. The van der Waals surface area contributed by atoms with Crippen molar-refractivity contribution >= 4 is 6.08 Å². The molecule has 4 heteroatoms. The molecule has 0 saturated carbocycles. The SMILES string of the molecule is [N-]=[N+]=NC/C=C/c1ccccc1O. The van der Waals surface area contributed by atoms with Gasteiger partial charge in [-0.3, -0.25) is 0 Å². The number of rotatable bonds is 3. The van der Waals surface area contributed by atoms with Gasteiger partial charge in [-0.1, -0.05) is 35.5 Å². The van der Waals surface area contributed by atoms with Gasteiger partial charge in [-0.15, -0.1) is 0 Å². The number of hydrogen-bond donors (Lipinski definition) is 1. The summed E-state index contributed by atoms with van der Waals surface area (Å²) in [6, 6.07) is 6.96. The maximum Gasteiger partial charge on any atom is 0.122 e. The summed E-state index contributed by atoms with van der Waals surface area (Å²) in [5.74, 6) is 0.222. The molecule has 0 atom stereocenters.